The highest BCUT2D eigenvalue weighted by molar-refractivity contribution is 6.32. The fourth-order valence-electron chi connectivity index (χ4n) is 2.66. The zero-order valence-electron chi connectivity index (χ0n) is 14.0. The minimum atomic E-state index is -2.55. The van der Waals surface area contributed by atoms with E-state index in [0.717, 1.165) is 36.2 Å². The summed E-state index contributed by atoms with van der Waals surface area (Å²) in [7, 11) is 0. The Kier molecular flexibility index (Phi) is 2.75. The van der Waals surface area contributed by atoms with Crippen LogP contribution in [0, 0.1) is 0 Å². The number of likely N-dealkylation sites (N-methyl/N-ethyl adjacent to an activating group) is 1. The number of anilines is 1. The van der Waals surface area contributed by atoms with Crippen molar-refractivity contribution in [1.82, 2.24) is 0 Å². The fourth-order valence-corrected chi connectivity index (χ4v) is 2.83. The van der Waals surface area contributed by atoms with Crippen molar-refractivity contribution < 1.29 is 8.91 Å². The van der Waals surface area contributed by atoms with Gasteiger partial charge in [-0.2, -0.15) is 0 Å². The third-order valence-electron chi connectivity index (χ3n) is 3.67. The van der Waals surface area contributed by atoms with Crippen molar-refractivity contribution >= 4 is 28.9 Å². The van der Waals surface area contributed by atoms with E-state index in [1.54, 1.807) is 18.2 Å². The van der Waals surface area contributed by atoms with Crippen LogP contribution < -0.4 is 4.90 Å². The number of benzodiazepines with no additional fused rings is 1. The number of carbonyl (C=O) groups is 1. The Morgan fingerprint density at radius 1 is 1.40 bits per heavy atom. The highest BCUT2D eigenvalue weighted by Gasteiger charge is 2.24. The zero-order valence-corrected chi connectivity index (χ0v) is 11.8. The summed E-state index contributed by atoms with van der Waals surface area (Å²) in [5.74, 6) is -0.528. The number of allylic oxidation sites excluding steroid dienone is 2. The van der Waals surface area contributed by atoms with Crippen LogP contribution in [0.25, 0.3) is 0 Å². The number of aliphatic imine (C=N–C) groups is 1. The second-order valence-electron chi connectivity index (χ2n) is 5.03. The third kappa shape index (κ3) is 2.38. The number of benzene rings is 1. The van der Waals surface area contributed by atoms with Crippen LogP contribution in [0.15, 0.2) is 34.8 Å². The van der Waals surface area contributed by atoms with Crippen molar-refractivity contribution in [2.75, 3.05) is 18.4 Å². The minimum Gasteiger partial charge on any atom is -0.313 e. The first-order valence-corrected chi connectivity index (χ1v) is 7.12. The van der Waals surface area contributed by atoms with E-state index in [4.69, 9.17) is 15.7 Å². The average Bonchev–Trinajstić information content (AvgIpc) is 2.63. The van der Waals surface area contributed by atoms with Gasteiger partial charge in [0.1, 0.15) is 6.54 Å². The Bertz CT molecular complexity index is 710. The number of hydrogen-bond acceptors (Lipinski definition) is 2. The predicted molar refractivity (Wildman–Crippen MR) is 82.8 cm³/mol. The van der Waals surface area contributed by atoms with Crippen LogP contribution in [0.4, 0.5) is 5.69 Å². The third-order valence-corrected chi connectivity index (χ3v) is 3.91. The van der Waals surface area contributed by atoms with Gasteiger partial charge in [-0.25, -0.2) is 0 Å². The van der Waals surface area contributed by atoms with Gasteiger partial charge < -0.3 is 4.90 Å². The predicted octanol–water partition coefficient (Wildman–Crippen LogP) is 3.61. The molecule has 20 heavy (non-hydrogen) atoms. The molecule has 1 aromatic carbocycles. The number of hydrogen-bond donors (Lipinski definition) is 0. The number of fused-ring (bicyclic) bond motifs is 1. The molecule has 3 nitrogen and oxygen atoms in total. The van der Waals surface area contributed by atoms with E-state index in [0.29, 0.717) is 22.0 Å². The summed E-state index contributed by atoms with van der Waals surface area (Å²) in [6.45, 7) is -2.72. The van der Waals surface area contributed by atoms with Gasteiger partial charge in [-0.05, 0) is 49.5 Å². The number of rotatable bonds is 1. The van der Waals surface area contributed by atoms with E-state index in [1.165, 1.54) is 0 Å². The topological polar surface area (TPSA) is 32.7 Å². The Morgan fingerprint density at radius 3 is 3.05 bits per heavy atom. The van der Waals surface area contributed by atoms with Crippen molar-refractivity contribution in [2.24, 2.45) is 4.99 Å². The van der Waals surface area contributed by atoms with Crippen LogP contribution >= 0.6 is 11.6 Å². The molecular formula is C16H17ClN2O. The van der Waals surface area contributed by atoms with Crippen molar-refractivity contribution in [3.8, 4) is 0 Å². The maximum atomic E-state index is 12.3. The summed E-state index contributed by atoms with van der Waals surface area (Å²) in [5, 5.41) is 0.493. The Hall–Kier alpha value is -1.61. The van der Waals surface area contributed by atoms with Gasteiger partial charge in [0.15, 0.2) is 0 Å². The molecule has 0 fully saturated rings. The first-order chi connectivity index (χ1) is 10.9. The number of nitrogens with zero attached hydrogens (tertiary/aromatic N) is 2. The van der Waals surface area contributed by atoms with Crippen LogP contribution in [0.1, 0.15) is 35.4 Å². The molecule has 3 rings (SSSR count). The van der Waals surface area contributed by atoms with Crippen molar-refractivity contribution in [2.45, 2.75) is 25.7 Å². The average molecular weight is 293 g/mol. The molecule has 2 aliphatic rings. The van der Waals surface area contributed by atoms with Gasteiger partial charge in [0.2, 0.25) is 5.91 Å². The lowest BCUT2D eigenvalue weighted by Gasteiger charge is -2.20. The second kappa shape index (κ2) is 5.41. The molecule has 0 unspecified atom stereocenters. The van der Waals surface area contributed by atoms with Crippen molar-refractivity contribution in [1.29, 1.82) is 0 Å². The van der Waals surface area contributed by atoms with Crippen LogP contribution in [0.3, 0.4) is 0 Å². The number of halogens is 1. The molecule has 0 aromatic heterocycles. The SMILES string of the molecule is [2H][13C]([2H])([2H])N1C(=O)CN=C(C2=CCCCC2)c2cc(Cl)ccc21. The van der Waals surface area contributed by atoms with Crippen molar-refractivity contribution in [3.05, 3.63) is 40.4 Å². The van der Waals surface area contributed by atoms with Crippen LogP contribution in [0.2, 0.25) is 5.02 Å². The first-order valence-electron chi connectivity index (χ1n) is 8.25. The highest BCUT2D eigenvalue weighted by Crippen LogP contribution is 2.31. The molecule has 1 amide bonds. The molecule has 0 bridgehead atoms. The monoisotopic (exact) mass is 292 g/mol. The maximum Gasteiger partial charge on any atom is 0.248 e. The lowest BCUT2D eigenvalue weighted by Crippen LogP contribution is -2.27. The quantitative estimate of drug-likeness (QED) is 0.728. The molecule has 0 spiro atoms. The molecule has 0 radical (unpaired) electrons. The Labute approximate surface area is 128 Å². The van der Waals surface area contributed by atoms with E-state index in [9.17, 15) is 4.79 Å². The van der Waals surface area contributed by atoms with Gasteiger partial charge in [0.05, 0.1) is 11.4 Å². The van der Waals surface area contributed by atoms with Gasteiger partial charge in [-0.3, -0.25) is 9.79 Å². The lowest BCUT2D eigenvalue weighted by molar-refractivity contribution is -0.116. The molecule has 0 saturated carbocycles. The highest BCUT2D eigenvalue weighted by atomic mass is 35.5. The summed E-state index contributed by atoms with van der Waals surface area (Å²) in [4.78, 5) is 17.6. The summed E-state index contributed by atoms with van der Waals surface area (Å²) in [6.07, 6.45) is 6.19. The van der Waals surface area contributed by atoms with E-state index < -0.39 is 12.9 Å². The Morgan fingerprint density at radius 2 is 2.30 bits per heavy atom. The molecule has 1 aliphatic carbocycles. The molecule has 1 aliphatic heterocycles. The van der Waals surface area contributed by atoms with Crippen LogP contribution in [0.5, 0.6) is 0 Å². The normalized spacial score (nSPS) is 21.9. The fraction of sp³-hybridized carbons (Fsp3) is 0.375. The summed E-state index contributed by atoms with van der Waals surface area (Å²) in [6, 6.07) is 4.89. The molecule has 0 N–H and O–H groups in total. The van der Waals surface area contributed by atoms with Crippen LogP contribution in [-0.4, -0.2) is 25.1 Å². The minimum absolute atomic E-state index is 0.169. The van der Waals surface area contributed by atoms with E-state index in [1.807, 2.05) is 0 Å². The summed E-state index contributed by atoms with van der Waals surface area (Å²) >= 11 is 6.11. The molecule has 1 heterocycles. The number of amides is 1. The van der Waals surface area contributed by atoms with Crippen molar-refractivity contribution in [3.63, 3.8) is 0 Å². The first kappa shape index (κ1) is 10.2. The lowest BCUT2D eigenvalue weighted by atomic mass is 9.91. The molecule has 0 saturated heterocycles. The summed E-state index contributed by atoms with van der Waals surface area (Å²) < 4.78 is 23.1. The summed E-state index contributed by atoms with van der Waals surface area (Å²) in [5.41, 5.74) is 2.73. The largest absolute Gasteiger partial charge is 0.313 e. The van der Waals surface area contributed by atoms with Crippen LogP contribution in [-0.2, 0) is 4.79 Å². The molecule has 1 aromatic rings. The van der Waals surface area contributed by atoms with E-state index in [2.05, 4.69) is 11.1 Å². The molecule has 4 heteroatoms. The molecule has 104 valence electrons. The van der Waals surface area contributed by atoms with Gasteiger partial charge in [0.25, 0.3) is 0 Å². The maximum absolute atomic E-state index is 12.3. The van der Waals surface area contributed by atoms with E-state index >= 15 is 0 Å². The molecule has 0 atom stereocenters. The van der Waals surface area contributed by atoms with Gasteiger partial charge in [0, 0.05) is 21.7 Å². The van der Waals surface area contributed by atoms with E-state index in [-0.39, 0.29) is 6.54 Å². The van der Waals surface area contributed by atoms with Gasteiger partial charge in [-0.1, -0.05) is 17.7 Å². The number of carbonyl (C=O) groups excluding carboxylic acids is 1. The zero-order chi connectivity index (χ0) is 16.6. The molecular weight excluding hydrogens is 273 g/mol. The Balaban J connectivity index is 2.18. The standard InChI is InChI=1S/C16H17ClN2O/c1-19-14-8-7-12(17)9-13(14)16(18-10-15(19)20)11-5-3-2-4-6-11/h5,7-9H,2-4,6,10H2,1H3/i1+1D3. The van der Waals surface area contributed by atoms with Gasteiger partial charge in [-0.15, -0.1) is 0 Å². The second-order valence-corrected chi connectivity index (χ2v) is 5.47. The van der Waals surface area contributed by atoms with Gasteiger partial charge >= 0.3 is 0 Å². The smallest absolute Gasteiger partial charge is 0.248 e.